The van der Waals surface area contributed by atoms with Crippen LogP contribution in [0, 0.1) is 0 Å². The molecule has 1 rings (SSSR count). The summed E-state index contributed by atoms with van der Waals surface area (Å²) in [7, 11) is 0. The Kier molecular flexibility index (Phi) is 4.37. The zero-order valence-corrected chi connectivity index (χ0v) is 10.8. The summed E-state index contributed by atoms with van der Waals surface area (Å²) >= 11 is 0. The summed E-state index contributed by atoms with van der Waals surface area (Å²) < 4.78 is 5.17. The predicted octanol–water partition coefficient (Wildman–Crippen LogP) is 3.47. The Morgan fingerprint density at radius 3 is 2.53 bits per heavy atom. The smallest absolute Gasteiger partial charge is 0.412 e. The number of amides is 1. The van der Waals surface area contributed by atoms with Gasteiger partial charge in [-0.3, -0.25) is 5.32 Å². The van der Waals surface area contributed by atoms with Gasteiger partial charge < -0.3 is 10.1 Å². The first-order chi connectivity index (χ1) is 7.90. The molecule has 4 heteroatoms. The van der Waals surface area contributed by atoms with Crippen molar-refractivity contribution >= 4 is 17.5 Å². The molecule has 0 atom stereocenters. The molecule has 0 aliphatic carbocycles. The third kappa shape index (κ3) is 5.24. The van der Waals surface area contributed by atoms with Gasteiger partial charge in [-0.2, -0.15) is 0 Å². The molecule has 0 saturated carbocycles. The van der Waals surface area contributed by atoms with E-state index in [9.17, 15) is 4.79 Å². The molecular formula is C13H20N2O2. The Labute approximate surface area is 102 Å². The molecule has 0 radical (unpaired) electrons. The molecule has 0 unspecified atom stereocenters. The van der Waals surface area contributed by atoms with Gasteiger partial charge in [0.1, 0.15) is 5.60 Å². The van der Waals surface area contributed by atoms with Crippen molar-refractivity contribution in [3.63, 3.8) is 0 Å². The van der Waals surface area contributed by atoms with Gasteiger partial charge in [0.15, 0.2) is 0 Å². The molecule has 0 aliphatic rings. The lowest BCUT2D eigenvalue weighted by molar-refractivity contribution is 0.0636. The summed E-state index contributed by atoms with van der Waals surface area (Å²) in [6.45, 7) is 8.37. The van der Waals surface area contributed by atoms with E-state index in [0.29, 0.717) is 0 Å². The summed E-state index contributed by atoms with van der Waals surface area (Å²) in [5.74, 6) is 0. The lowest BCUT2D eigenvalue weighted by atomic mass is 10.2. The molecule has 0 bridgehead atoms. The van der Waals surface area contributed by atoms with Gasteiger partial charge in [-0.25, -0.2) is 4.79 Å². The second kappa shape index (κ2) is 5.57. The van der Waals surface area contributed by atoms with Gasteiger partial charge in [-0.15, -0.1) is 0 Å². The number of anilines is 2. The Morgan fingerprint density at radius 1 is 1.29 bits per heavy atom. The van der Waals surface area contributed by atoms with Crippen LogP contribution in [-0.4, -0.2) is 18.2 Å². The molecule has 17 heavy (non-hydrogen) atoms. The minimum atomic E-state index is -0.483. The highest BCUT2D eigenvalue weighted by Gasteiger charge is 2.16. The molecule has 0 heterocycles. The van der Waals surface area contributed by atoms with Crippen molar-refractivity contribution in [3.8, 4) is 0 Å². The first-order valence-corrected chi connectivity index (χ1v) is 5.74. The molecule has 1 aromatic carbocycles. The number of benzene rings is 1. The molecule has 0 aromatic heterocycles. The number of ether oxygens (including phenoxy) is 1. The van der Waals surface area contributed by atoms with Crippen molar-refractivity contribution in [1.29, 1.82) is 0 Å². The highest BCUT2D eigenvalue weighted by Crippen LogP contribution is 2.16. The van der Waals surface area contributed by atoms with Crippen LogP contribution >= 0.6 is 0 Å². The summed E-state index contributed by atoms with van der Waals surface area (Å²) in [6.07, 6.45) is -0.439. The van der Waals surface area contributed by atoms with Crippen molar-refractivity contribution in [1.82, 2.24) is 0 Å². The zero-order chi connectivity index (χ0) is 12.9. The average Bonchev–Trinajstić information content (AvgIpc) is 2.15. The fourth-order valence-electron chi connectivity index (χ4n) is 1.33. The minimum absolute atomic E-state index is 0.439. The molecule has 1 amide bonds. The van der Waals surface area contributed by atoms with Crippen LogP contribution in [0.4, 0.5) is 16.2 Å². The van der Waals surface area contributed by atoms with E-state index in [1.54, 1.807) is 0 Å². The molecule has 0 spiro atoms. The maximum absolute atomic E-state index is 11.5. The van der Waals surface area contributed by atoms with Crippen molar-refractivity contribution in [2.24, 2.45) is 0 Å². The molecule has 94 valence electrons. The van der Waals surface area contributed by atoms with Crippen LogP contribution in [0.2, 0.25) is 0 Å². The number of nitrogens with one attached hydrogen (secondary N) is 2. The largest absolute Gasteiger partial charge is 0.444 e. The summed E-state index contributed by atoms with van der Waals surface area (Å²) in [5.41, 5.74) is 1.21. The van der Waals surface area contributed by atoms with Gasteiger partial charge in [0.2, 0.25) is 0 Å². The molecule has 0 aliphatic heterocycles. The number of carbonyl (C=O) groups excluding carboxylic acids is 1. The second-order valence-corrected chi connectivity index (χ2v) is 4.74. The van der Waals surface area contributed by atoms with Crippen LogP contribution in [0.1, 0.15) is 27.7 Å². The van der Waals surface area contributed by atoms with Crippen LogP contribution in [0.25, 0.3) is 0 Å². The third-order valence-electron chi connectivity index (χ3n) is 1.89. The summed E-state index contributed by atoms with van der Waals surface area (Å²) in [4.78, 5) is 11.5. The number of hydrogen-bond donors (Lipinski definition) is 2. The fourth-order valence-corrected chi connectivity index (χ4v) is 1.33. The topological polar surface area (TPSA) is 50.4 Å². The van der Waals surface area contributed by atoms with E-state index in [1.807, 2.05) is 52.0 Å². The molecule has 2 N–H and O–H groups in total. The average molecular weight is 236 g/mol. The molecular weight excluding hydrogens is 216 g/mol. The van der Waals surface area contributed by atoms with E-state index in [1.165, 1.54) is 0 Å². The van der Waals surface area contributed by atoms with Gasteiger partial charge in [0.05, 0.1) is 0 Å². The number of rotatable bonds is 3. The van der Waals surface area contributed by atoms with E-state index in [0.717, 1.165) is 17.9 Å². The monoisotopic (exact) mass is 236 g/mol. The van der Waals surface area contributed by atoms with Gasteiger partial charge >= 0.3 is 6.09 Å². The number of carbonyl (C=O) groups is 1. The summed E-state index contributed by atoms with van der Waals surface area (Å²) in [5, 5.41) is 5.87. The molecule has 0 saturated heterocycles. The van der Waals surface area contributed by atoms with Crippen LogP contribution in [0.5, 0.6) is 0 Å². The quantitative estimate of drug-likeness (QED) is 0.845. The number of hydrogen-bond acceptors (Lipinski definition) is 3. The third-order valence-corrected chi connectivity index (χ3v) is 1.89. The maximum Gasteiger partial charge on any atom is 0.412 e. The first-order valence-electron chi connectivity index (χ1n) is 5.74. The van der Waals surface area contributed by atoms with E-state index in [2.05, 4.69) is 10.6 Å². The van der Waals surface area contributed by atoms with E-state index >= 15 is 0 Å². The normalized spacial score (nSPS) is 10.8. The van der Waals surface area contributed by atoms with Crippen LogP contribution in [0.3, 0.4) is 0 Å². The van der Waals surface area contributed by atoms with Gasteiger partial charge in [-0.05, 0) is 45.9 Å². The van der Waals surface area contributed by atoms with Gasteiger partial charge in [0.25, 0.3) is 0 Å². The minimum Gasteiger partial charge on any atom is -0.444 e. The van der Waals surface area contributed by atoms with E-state index in [-0.39, 0.29) is 0 Å². The molecule has 4 nitrogen and oxygen atoms in total. The Bertz CT molecular complexity index is 383. The second-order valence-electron chi connectivity index (χ2n) is 4.74. The lowest BCUT2D eigenvalue weighted by Gasteiger charge is -2.19. The maximum atomic E-state index is 11.5. The standard InChI is InChI=1S/C13H20N2O2/c1-5-14-10-7-6-8-11(9-10)15-12(16)17-13(2,3)4/h6-9,14H,5H2,1-4H3,(H,15,16). The first kappa shape index (κ1) is 13.4. The predicted molar refractivity (Wildman–Crippen MR) is 70.5 cm³/mol. The van der Waals surface area contributed by atoms with Crippen molar-refractivity contribution < 1.29 is 9.53 Å². The zero-order valence-electron chi connectivity index (χ0n) is 10.8. The van der Waals surface area contributed by atoms with Gasteiger partial charge in [0, 0.05) is 17.9 Å². The van der Waals surface area contributed by atoms with Crippen LogP contribution in [0.15, 0.2) is 24.3 Å². The highest BCUT2D eigenvalue weighted by atomic mass is 16.6. The van der Waals surface area contributed by atoms with Crippen molar-refractivity contribution in [2.75, 3.05) is 17.2 Å². The van der Waals surface area contributed by atoms with Gasteiger partial charge in [-0.1, -0.05) is 6.07 Å². The van der Waals surface area contributed by atoms with E-state index in [4.69, 9.17) is 4.74 Å². The summed E-state index contributed by atoms with van der Waals surface area (Å²) in [6, 6.07) is 7.52. The van der Waals surface area contributed by atoms with Crippen molar-refractivity contribution in [3.05, 3.63) is 24.3 Å². The Balaban J connectivity index is 2.62. The molecule has 0 fully saturated rings. The lowest BCUT2D eigenvalue weighted by Crippen LogP contribution is -2.27. The fraction of sp³-hybridized carbons (Fsp3) is 0.462. The van der Waals surface area contributed by atoms with Crippen LogP contribution < -0.4 is 10.6 Å². The van der Waals surface area contributed by atoms with E-state index < -0.39 is 11.7 Å². The van der Waals surface area contributed by atoms with Crippen molar-refractivity contribution in [2.45, 2.75) is 33.3 Å². The Morgan fingerprint density at radius 2 is 1.94 bits per heavy atom. The highest BCUT2D eigenvalue weighted by molar-refractivity contribution is 5.85. The Hall–Kier alpha value is -1.71. The SMILES string of the molecule is CCNc1cccc(NC(=O)OC(C)(C)C)c1. The molecule has 1 aromatic rings. The van der Waals surface area contributed by atoms with Crippen LogP contribution in [-0.2, 0) is 4.74 Å².